The minimum absolute atomic E-state index is 0.346. The predicted molar refractivity (Wildman–Crippen MR) is 94.3 cm³/mol. The van der Waals surface area contributed by atoms with Gasteiger partial charge in [-0.05, 0) is 35.9 Å². The van der Waals surface area contributed by atoms with Gasteiger partial charge in [0.25, 0.3) is 0 Å². The molecular weight excluding hydrogens is 365 g/mol. The molecule has 0 radical (unpaired) electrons. The molecule has 0 unspecified atom stereocenters. The van der Waals surface area contributed by atoms with Gasteiger partial charge in [-0.1, -0.05) is 35.1 Å². The van der Waals surface area contributed by atoms with Gasteiger partial charge >= 0.3 is 0 Å². The highest BCUT2D eigenvalue weighted by Gasteiger charge is 2.13. The molecular formula is C16H11ClFN5OS. The van der Waals surface area contributed by atoms with Crippen LogP contribution in [0.15, 0.2) is 42.5 Å². The lowest BCUT2D eigenvalue weighted by Crippen LogP contribution is -1.99. The molecule has 126 valence electrons. The smallest absolute Gasteiger partial charge is 0.236 e. The third-order valence-electron chi connectivity index (χ3n) is 3.51. The quantitative estimate of drug-likeness (QED) is 0.563. The summed E-state index contributed by atoms with van der Waals surface area (Å²) in [6.45, 7) is 0. The van der Waals surface area contributed by atoms with Crippen molar-refractivity contribution in [1.82, 2.24) is 19.8 Å². The molecule has 0 spiro atoms. The van der Waals surface area contributed by atoms with E-state index in [1.165, 1.54) is 23.5 Å². The van der Waals surface area contributed by atoms with Crippen molar-refractivity contribution in [3.8, 4) is 5.75 Å². The summed E-state index contributed by atoms with van der Waals surface area (Å²) < 4.78 is 15.1. The summed E-state index contributed by atoms with van der Waals surface area (Å²) in [5.41, 5.74) is 1.49. The van der Waals surface area contributed by atoms with Crippen LogP contribution in [0.25, 0.3) is 4.96 Å². The highest BCUT2D eigenvalue weighted by atomic mass is 35.5. The van der Waals surface area contributed by atoms with Crippen LogP contribution in [0.1, 0.15) is 11.4 Å². The second-order valence-electron chi connectivity index (χ2n) is 5.32. The Morgan fingerprint density at radius 3 is 2.88 bits per heavy atom. The van der Waals surface area contributed by atoms with Crippen molar-refractivity contribution in [3.05, 3.63) is 64.7 Å². The molecule has 4 aromatic rings. The first kappa shape index (κ1) is 15.8. The van der Waals surface area contributed by atoms with Gasteiger partial charge in [0.2, 0.25) is 10.1 Å². The van der Waals surface area contributed by atoms with Gasteiger partial charge in [0.05, 0.1) is 0 Å². The number of aromatic nitrogens is 4. The van der Waals surface area contributed by atoms with Crippen LogP contribution in [0.3, 0.4) is 0 Å². The van der Waals surface area contributed by atoms with Gasteiger partial charge in [-0.3, -0.25) is 0 Å². The van der Waals surface area contributed by atoms with Gasteiger partial charge in [0.15, 0.2) is 17.4 Å². The van der Waals surface area contributed by atoms with Crippen molar-refractivity contribution in [1.29, 1.82) is 0 Å². The van der Waals surface area contributed by atoms with E-state index in [4.69, 9.17) is 11.6 Å². The molecule has 2 aromatic heterocycles. The van der Waals surface area contributed by atoms with Gasteiger partial charge < -0.3 is 10.4 Å². The topological polar surface area (TPSA) is 75.3 Å². The Bertz CT molecular complexity index is 1060. The highest BCUT2D eigenvalue weighted by molar-refractivity contribution is 7.20. The van der Waals surface area contributed by atoms with Crippen LogP contribution in [-0.2, 0) is 6.42 Å². The summed E-state index contributed by atoms with van der Waals surface area (Å²) in [5.74, 6) is -0.466. The summed E-state index contributed by atoms with van der Waals surface area (Å²) in [6.07, 6.45) is 0.346. The molecule has 6 nitrogen and oxygen atoms in total. The first-order valence-electron chi connectivity index (χ1n) is 7.29. The molecule has 0 fully saturated rings. The molecule has 0 aliphatic heterocycles. The van der Waals surface area contributed by atoms with Gasteiger partial charge in [-0.25, -0.2) is 4.39 Å². The Labute approximate surface area is 150 Å². The average molecular weight is 376 g/mol. The summed E-state index contributed by atoms with van der Waals surface area (Å²) in [7, 11) is 0. The molecule has 2 aromatic carbocycles. The molecule has 0 aliphatic carbocycles. The van der Waals surface area contributed by atoms with E-state index in [9.17, 15) is 9.50 Å². The minimum atomic E-state index is -0.667. The number of anilines is 2. The third-order valence-corrected chi connectivity index (χ3v) is 4.55. The number of halogens is 2. The van der Waals surface area contributed by atoms with E-state index < -0.39 is 5.82 Å². The monoisotopic (exact) mass is 375 g/mol. The number of rotatable bonds is 4. The molecule has 4 rings (SSSR count). The zero-order chi connectivity index (χ0) is 17.4. The number of nitrogens with zero attached hydrogens (tertiary/aromatic N) is 4. The summed E-state index contributed by atoms with van der Waals surface area (Å²) in [4.78, 5) is 0.624. The molecule has 0 bridgehead atoms. The van der Waals surface area contributed by atoms with Crippen molar-refractivity contribution in [2.24, 2.45) is 0 Å². The second-order valence-corrected chi connectivity index (χ2v) is 6.71. The number of phenols is 1. The zero-order valence-electron chi connectivity index (χ0n) is 12.6. The SMILES string of the molecule is Oc1ccc(Cc2nnc3sc(Nc4cccc(Cl)c4)nn23)cc1F. The van der Waals surface area contributed by atoms with Crippen LogP contribution >= 0.6 is 22.9 Å². The molecule has 2 N–H and O–H groups in total. The number of phenolic OH excluding ortho intramolecular Hbond substituents is 1. The van der Waals surface area contributed by atoms with Crippen LogP contribution in [0.4, 0.5) is 15.2 Å². The standard InChI is InChI=1S/C16H11ClFN5OS/c17-10-2-1-3-11(8-10)19-15-22-23-14(20-21-16(23)25-15)7-9-4-5-13(24)12(18)6-9/h1-6,8,24H,7H2,(H,19,22). The summed E-state index contributed by atoms with van der Waals surface area (Å²) in [5, 5.41) is 26.3. The normalized spacial score (nSPS) is 11.1. The van der Waals surface area contributed by atoms with Crippen molar-refractivity contribution >= 4 is 38.7 Å². The van der Waals surface area contributed by atoms with E-state index in [-0.39, 0.29) is 5.75 Å². The maximum Gasteiger partial charge on any atom is 0.236 e. The molecule has 0 saturated heterocycles. The fourth-order valence-electron chi connectivity index (χ4n) is 2.35. The Hall–Kier alpha value is -2.71. The predicted octanol–water partition coefficient (Wildman–Crippen LogP) is 4.02. The van der Waals surface area contributed by atoms with E-state index >= 15 is 0 Å². The van der Waals surface area contributed by atoms with Crippen molar-refractivity contribution in [2.75, 3.05) is 5.32 Å². The average Bonchev–Trinajstić information content (AvgIpc) is 3.12. The molecule has 0 amide bonds. The van der Waals surface area contributed by atoms with Crippen LogP contribution in [0, 0.1) is 5.82 Å². The first-order chi connectivity index (χ1) is 12.1. The Kier molecular flexibility index (Phi) is 3.98. The lowest BCUT2D eigenvalue weighted by atomic mass is 10.1. The fourth-order valence-corrected chi connectivity index (χ4v) is 3.32. The largest absolute Gasteiger partial charge is 0.505 e. The molecule has 25 heavy (non-hydrogen) atoms. The summed E-state index contributed by atoms with van der Waals surface area (Å²) in [6, 6.07) is 11.5. The second kappa shape index (κ2) is 6.30. The Morgan fingerprint density at radius 2 is 2.08 bits per heavy atom. The Morgan fingerprint density at radius 1 is 1.20 bits per heavy atom. The van der Waals surface area contributed by atoms with Crippen molar-refractivity contribution in [2.45, 2.75) is 6.42 Å². The Balaban J connectivity index is 1.60. The van der Waals surface area contributed by atoms with Gasteiger partial charge in [-0.15, -0.1) is 15.3 Å². The van der Waals surface area contributed by atoms with Crippen molar-refractivity contribution < 1.29 is 9.50 Å². The van der Waals surface area contributed by atoms with Gasteiger partial charge in [0.1, 0.15) is 0 Å². The maximum absolute atomic E-state index is 13.5. The van der Waals surface area contributed by atoms with E-state index in [1.54, 1.807) is 22.7 Å². The molecule has 2 heterocycles. The van der Waals surface area contributed by atoms with Gasteiger partial charge in [-0.2, -0.15) is 4.52 Å². The molecule has 0 aliphatic rings. The molecule has 0 saturated carbocycles. The lowest BCUT2D eigenvalue weighted by Gasteiger charge is -2.02. The third kappa shape index (κ3) is 3.26. The number of benzene rings is 2. The number of hydrogen-bond donors (Lipinski definition) is 2. The van der Waals surface area contributed by atoms with Crippen LogP contribution in [0.5, 0.6) is 5.75 Å². The highest BCUT2D eigenvalue weighted by Crippen LogP contribution is 2.25. The van der Waals surface area contributed by atoms with Crippen LogP contribution < -0.4 is 5.32 Å². The van der Waals surface area contributed by atoms with E-state index in [0.717, 1.165) is 5.69 Å². The number of nitrogens with one attached hydrogen (secondary N) is 1. The molecule has 0 atom stereocenters. The summed E-state index contributed by atoms with van der Waals surface area (Å²) >= 11 is 7.32. The number of fused-ring (bicyclic) bond motifs is 1. The maximum atomic E-state index is 13.5. The zero-order valence-corrected chi connectivity index (χ0v) is 14.2. The fraction of sp³-hybridized carbons (Fsp3) is 0.0625. The van der Waals surface area contributed by atoms with Crippen LogP contribution in [-0.4, -0.2) is 24.9 Å². The van der Waals surface area contributed by atoms with Gasteiger partial charge in [0, 0.05) is 17.1 Å². The lowest BCUT2D eigenvalue weighted by molar-refractivity contribution is 0.432. The van der Waals surface area contributed by atoms with Crippen molar-refractivity contribution in [3.63, 3.8) is 0 Å². The van der Waals surface area contributed by atoms with E-state index in [0.29, 0.717) is 32.9 Å². The first-order valence-corrected chi connectivity index (χ1v) is 8.49. The number of aromatic hydroxyl groups is 1. The molecule has 9 heteroatoms. The number of hydrogen-bond acceptors (Lipinski definition) is 6. The van der Waals surface area contributed by atoms with E-state index in [2.05, 4.69) is 20.6 Å². The minimum Gasteiger partial charge on any atom is -0.505 e. The van der Waals surface area contributed by atoms with E-state index in [1.807, 2.05) is 12.1 Å². The van der Waals surface area contributed by atoms with Crippen LogP contribution in [0.2, 0.25) is 5.02 Å².